The van der Waals surface area contributed by atoms with Gasteiger partial charge in [0.2, 0.25) is 0 Å². The second kappa shape index (κ2) is 5.93. The third-order valence-corrected chi connectivity index (χ3v) is 2.66. The van der Waals surface area contributed by atoms with Crippen LogP contribution in [0.3, 0.4) is 0 Å². The van der Waals surface area contributed by atoms with Gasteiger partial charge in [0.1, 0.15) is 11.9 Å². The molecule has 0 aliphatic rings. The summed E-state index contributed by atoms with van der Waals surface area (Å²) in [5.41, 5.74) is 2.09. The fourth-order valence-electron chi connectivity index (χ4n) is 1.67. The van der Waals surface area contributed by atoms with Crippen molar-refractivity contribution in [1.29, 1.82) is 5.26 Å². The van der Waals surface area contributed by atoms with Crippen LogP contribution in [0.15, 0.2) is 18.5 Å². The Balaban J connectivity index is 2.23. The molecular formula is C13H15N7. The van der Waals surface area contributed by atoms with Crippen LogP contribution < -0.4 is 10.6 Å². The molecule has 0 saturated carbocycles. The molecule has 0 fully saturated rings. The third-order valence-electron chi connectivity index (χ3n) is 2.66. The second-order valence-electron chi connectivity index (χ2n) is 4.46. The van der Waals surface area contributed by atoms with Gasteiger partial charge in [0.05, 0.1) is 23.8 Å². The highest BCUT2D eigenvalue weighted by atomic mass is 15.2. The molecule has 0 amide bonds. The first-order valence-electron chi connectivity index (χ1n) is 6.18. The average Bonchev–Trinajstić information content (AvgIpc) is 2.47. The number of nitriles is 1. The van der Waals surface area contributed by atoms with Crippen molar-refractivity contribution in [1.82, 2.24) is 20.2 Å². The molecule has 0 spiro atoms. The van der Waals surface area contributed by atoms with Gasteiger partial charge >= 0.3 is 0 Å². The summed E-state index contributed by atoms with van der Waals surface area (Å²) in [6, 6.07) is 3.78. The van der Waals surface area contributed by atoms with Gasteiger partial charge < -0.3 is 10.6 Å². The zero-order chi connectivity index (χ0) is 14.5. The molecule has 7 heteroatoms. The van der Waals surface area contributed by atoms with Crippen molar-refractivity contribution in [3.63, 3.8) is 0 Å². The number of nitrogens with one attached hydrogen (secondary N) is 2. The summed E-state index contributed by atoms with van der Waals surface area (Å²) in [6.45, 7) is 4.12. The van der Waals surface area contributed by atoms with Crippen molar-refractivity contribution in [2.24, 2.45) is 0 Å². The molecule has 0 aromatic carbocycles. The Morgan fingerprint density at radius 1 is 1.15 bits per heavy atom. The van der Waals surface area contributed by atoms with E-state index in [0.29, 0.717) is 11.6 Å². The maximum Gasteiger partial charge on any atom is 0.158 e. The number of anilines is 3. The minimum Gasteiger partial charge on any atom is -0.386 e. The van der Waals surface area contributed by atoms with Gasteiger partial charge in [-0.1, -0.05) is 13.8 Å². The lowest BCUT2D eigenvalue weighted by molar-refractivity contribution is 0.790. The smallest absolute Gasteiger partial charge is 0.158 e. The van der Waals surface area contributed by atoms with Crippen molar-refractivity contribution in [3.05, 3.63) is 29.8 Å². The summed E-state index contributed by atoms with van der Waals surface area (Å²) in [5.74, 6) is 1.36. The largest absolute Gasteiger partial charge is 0.386 e. The summed E-state index contributed by atoms with van der Waals surface area (Å²) in [5, 5.41) is 23.1. The maximum absolute atomic E-state index is 8.67. The molecule has 2 heterocycles. The second-order valence-corrected chi connectivity index (χ2v) is 4.46. The summed E-state index contributed by atoms with van der Waals surface area (Å²) in [4.78, 5) is 8.01. The van der Waals surface area contributed by atoms with Gasteiger partial charge in [0.15, 0.2) is 11.5 Å². The van der Waals surface area contributed by atoms with Gasteiger partial charge in [0, 0.05) is 13.1 Å². The summed E-state index contributed by atoms with van der Waals surface area (Å²) < 4.78 is 0. The zero-order valence-electron chi connectivity index (χ0n) is 11.5. The number of aromatic nitrogens is 4. The normalized spacial score (nSPS) is 10.2. The number of rotatable bonds is 4. The van der Waals surface area contributed by atoms with Gasteiger partial charge in [-0.25, -0.2) is 9.97 Å². The van der Waals surface area contributed by atoms with Crippen LogP contribution in [-0.4, -0.2) is 27.2 Å². The molecule has 7 nitrogen and oxygen atoms in total. The first kappa shape index (κ1) is 13.7. The summed E-state index contributed by atoms with van der Waals surface area (Å²) >= 11 is 0. The third kappa shape index (κ3) is 2.98. The summed E-state index contributed by atoms with van der Waals surface area (Å²) in [6.07, 6.45) is 2.88. The Kier molecular flexibility index (Phi) is 4.05. The molecular weight excluding hydrogens is 254 g/mol. The van der Waals surface area contributed by atoms with Gasteiger partial charge in [-0.3, -0.25) is 0 Å². The number of nitrogens with zero attached hydrogens (tertiary/aromatic N) is 5. The van der Waals surface area contributed by atoms with Crippen LogP contribution in [0.5, 0.6) is 0 Å². The lowest BCUT2D eigenvalue weighted by Gasteiger charge is -2.12. The molecule has 0 radical (unpaired) electrons. The van der Waals surface area contributed by atoms with Crippen molar-refractivity contribution < 1.29 is 0 Å². The molecule has 0 aliphatic carbocycles. The van der Waals surface area contributed by atoms with Gasteiger partial charge in [-0.05, 0) is 5.92 Å². The Bertz CT molecular complexity index is 628. The maximum atomic E-state index is 8.67. The van der Waals surface area contributed by atoms with Crippen molar-refractivity contribution in [3.8, 4) is 6.07 Å². The van der Waals surface area contributed by atoms with Crippen LogP contribution >= 0.6 is 0 Å². The fraction of sp³-hybridized carbons (Fsp3) is 0.308. The molecule has 0 atom stereocenters. The fourth-order valence-corrected chi connectivity index (χ4v) is 1.67. The summed E-state index contributed by atoms with van der Waals surface area (Å²) in [7, 11) is 1.84. The molecule has 2 N–H and O–H groups in total. The minimum absolute atomic E-state index is 0.271. The van der Waals surface area contributed by atoms with Crippen LogP contribution in [-0.2, 0) is 0 Å². The van der Waals surface area contributed by atoms with Gasteiger partial charge in [-0.2, -0.15) is 10.4 Å². The molecule has 2 aromatic rings. The Labute approximate surface area is 117 Å². The van der Waals surface area contributed by atoms with E-state index in [4.69, 9.17) is 5.26 Å². The van der Waals surface area contributed by atoms with E-state index in [1.807, 2.05) is 19.2 Å². The van der Waals surface area contributed by atoms with Crippen LogP contribution in [0.4, 0.5) is 17.3 Å². The Hall–Kier alpha value is -2.75. The topological polar surface area (TPSA) is 99.4 Å². The lowest BCUT2D eigenvalue weighted by atomic mass is 10.1. The SMILES string of the molecule is CNc1cc(Nc2cnc(C#N)cn2)nnc1C(C)C. The standard InChI is InChI=1S/C13H15N7/c1-8(2)13-10(15-3)4-11(19-20-13)18-12-7-16-9(5-14)6-17-12/h4,6-8H,1-3H3,(H2,15,17,18,19). The van der Waals surface area contributed by atoms with E-state index in [9.17, 15) is 0 Å². The van der Waals surface area contributed by atoms with E-state index in [1.165, 1.54) is 12.4 Å². The predicted octanol–water partition coefficient (Wildman–Crippen LogP) is 2.05. The van der Waals surface area contributed by atoms with Crippen LogP contribution in [0, 0.1) is 11.3 Å². The highest BCUT2D eigenvalue weighted by Crippen LogP contribution is 2.23. The zero-order valence-corrected chi connectivity index (χ0v) is 11.5. The first-order valence-corrected chi connectivity index (χ1v) is 6.18. The van der Waals surface area contributed by atoms with Crippen molar-refractivity contribution >= 4 is 17.3 Å². The van der Waals surface area contributed by atoms with Crippen LogP contribution in [0.1, 0.15) is 31.2 Å². The van der Waals surface area contributed by atoms with E-state index in [-0.39, 0.29) is 11.6 Å². The van der Waals surface area contributed by atoms with Gasteiger partial charge in [0.25, 0.3) is 0 Å². The molecule has 0 saturated heterocycles. The van der Waals surface area contributed by atoms with Crippen molar-refractivity contribution in [2.45, 2.75) is 19.8 Å². The molecule has 0 bridgehead atoms. The predicted molar refractivity (Wildman–Crippen MR) is 75.7 cm³/mol. The van der Waals surface area contributed by atoms with Crippen LogP contribution in [0.25, 0.3) is 0 Å². The lowest BCUT2D eigenvalue weighted by Crippen LogP contribution is -2.06. The van der Waals surface area contributed by atoms with Gasteiger partial charge in [-0.15, -0.1) is 5.10 Å². The molecule has 0 unspecified atom stereocenters. The van der Waals surface area contributed by atoms with E-state index in [2.05, 4.69) is 44.6 Å². The van der Waals surface area contributed by atoms with E-state index in [1.54, 1.807) is 0 Å². The Morgan fingerprint density at radius 2 is 1.95 bits per heavy atom. The Morgan fingerprint density at radius 3 is 2.50 bits per heavy atom. The molecule has 20 heavy (non-hydrogen) atoms. The van der Waals surface area contributed by atoms with E-state index in [0.717, 1.165) is 11.4 Å². The average molecular weight is 269 g/mol. The molecule has 2 rings (SSSR count). The number of hydrogen-bond acceptors (Lipinski definition) is 7. The number of hydrogen-bond donors (Lipinski definition) is 2. The van der Waals surface area contributed by atoms with E-state index >= 15 is 0 Å². The highest BCUT2D eigenvalue weighted by molar-refractivity contribution is 5.59. The van der Waals surface area contributed by atoms with E-state index < -0.39 is 0 Å². The molecule has 2 aromatic heterocycles. The molecule has 0 aliphatic heterocycles. The first-order chi connectivity index (χ1) is 9.63. The minimum atomic E-state index is 0.271. The monoisotopic (exact) mass is 269 g/mol. The molecule has 102 valence electrons. The highest BCUT2D eigenvalue weighted by Gasteiger charge is 2.10. The van der Waals surface area contributed by atoms with Crippen molar-refractivity contribution in [2.75, 3.05) is 17.7 Å². The van der Waals surface area contributed by atoms with Crippen LogP contribution in [0.2, 0.25) is 0 Å². The quantitative estimate of drug-likeness (QED) is 0.876.